The third kappa shape index (κ3) is 2.08. The smallest absolute Gasteiger partial charge is 0.244 e. The molecular weight excluding hydrogens is 250 g/mol. The molecule has 0 saturated heterocycles. The first-order valence-corrected chi connectivity index (χ1v) is 5.23. The monoisotopic (exact) mass is 256 g/mol. The lowest BCUT2D eigenvalue weighted by Gasteiger charge is -2.10. The highest BCUT2D eigenvalue weighted by Crippen LogP contribution is 2.46. The van der Waals surface area contributed by atoms with Crippen molar-refractivity contribution in [2.24, 2.45) is 5.41 Å². The van der Waals surface area contributed by atoms with Crippen molar-refractivity contribution >= 4 is 23.2 Å². The Morgan fingerprint density at radius 3 is 2.59 bits per heavy atom. The predicted octanol–water partition coefficient (Wildman–Crippen LogP) is 2.86. The fourth-order valence-corrected chi connectivity index (χ4v) is 1.65. The quantitative estimate of drug-likeness (QED) is 0.885. The maximum atomic E-state index is 13.4. The van der Waals surface area contributed by atoms with E-state index in [4.69, 9.17) is 16.9 Å². The Hall–Kier alpha value is -1.67. The average Bonchev–Trinajstić information content (AvgIpc) is 3.03. The molecule has 6 heteroatoms. The van der Waals surface area contributed by atoms with Crippen molar-refractivity contribution in [2.45, 2.75) is 12.8 Å². The second kappa shape index (κ2) is 3.97. The van der Waals surface area contributed by atoms with E-state index in [9.17, 15) is 13.6 Å². The summed E-state index contributed by atoms with van der Waals surface area (Å²) < 4.78 is 26.1. The van der Waals surface area contributed by atoms with E-state index in [1.807, 2.05) is 6.07 Å². The topological polar surface area (TPSA) is 52.9 Å². The van der Waals surface area contributed by atoms with Crippen LogP contribution in [0.5, 0.6) is 0 Å². The number of halogens is 3. The zero-order chi connectivity index (χ0) is 12.6. The Morgan fingerprint density at radius 2 is 2.12 bits per heavy atom. The number of carbonyl (C=O) groups is 1. The lowest BCUT2D eigenvalue weighted by Crippen LogP contribution is -2.23. The largest absolute Gasteiger partial charge is 0.321 e. The minimum Gasteiger partial charge on any atom is -0.321 e. The minimum atomic E-state index is -1.08. The summed E-state index contributed by atoms with van der Waals surface area (Å²) >= 11 is 5.61. The van der Waals surface area contributed by atoms with Gasteiger partial charge in [-0.3, -0.25) is 4.79 Å². The molecule has 17 heavy (non-hydrogen) atoms. The van der Waals surface area contributed by atoms with Crippen LogP contribution in [0.4, 0.5) is 14.5 Å². The zero-order valence-corrected chi connectivity index (χ0v) is 9.31. The third-order valence-corrected chi connectivity index (χ3v) is 2.94. The lowest BCUT2D eigenvalue weighted by atomic mass is 10.1. The molecule has 3 nitrogen and oxygen atoms in total. The summed E-state index contributed by atoms with van der Waals surface area (Å²) in [6.45, 7) is 0. The van der Waals surface area contributed by atoms with Crippen molar-refractivity contribution in [3.05, 3.63) is 28.8 Å². The SMILES string of the molecule is N#CC1(C(=O)Nc2c(F)cc(F)cc2Cl)CC1. The lowest BCUT2D eigenvalue weighted by molar-refractivity contribution is -0.119. The van der Waals surface area contributed by atoms with Crippen molar-refractivity contribution in [1.82, 2.24) is 0 Å². The molecule has 2 rings (SSSR count). The molecule has 0 spiro atoms. The number of carbonyl (C=O) groups excluding carboxylic acids is 1. The van der Waals surface area contributed by atoms with Gasteiger partial charge in [-0.25, -0.2) is 8.78 Å². The summed E-state index contributed by atoms with van der Waals surface area (Å²) in [5.74, 6) is -2.39. The maximum absolute atomic E-state index is 13.4. The molecule has 1 aromatic rings. The molecule has 1 aliphatic rings. The van der Waals surface area contributed by atoms with Crippen LogP contribution < -0.4 is 5.32 Å². The number of anilines is 1. The maximum Gasteiger partial charge on any atom is 0.244 e. The molecule has 0 heterocycles. The van der Waals surface area contributed by atoms with Crippen molar-refractivity contribution in [3.8, 4) is 6.07 Å². The number of hydrogen-bond donors (Lipinski definition) is 1. The standard InChI is InChI=1S/C11H7ClF2N2O/c12-7-3-6(13)4-8(14)9(7)16-10(17)11(5-15)1-2-11/h3-4H,1-2H2,(H,16,17). The molecule has 1 fully saturated rings. The molecule has 1 amide bonds. The first-order chi connectivity index (χ1) is 7.98. The van der Waals surface area contributed by atoms with E-state index >= 15 is 0 Å². The first-order valence-electron chi connectivity index (χ1n) is 4.86. The second-order valence-corrected chi connectivity index (χ2v) is 4.30. The van der Waals surface area contributed by atoms with Crippen LogP contribution >= 0.6 is 11.6 Å². The van der Waals surface area contributed by atoms with Gasteiger partial charge < -0.3 is 5.32 Å². The predicted molar refractivity (Wildman–Crippen MR) is 57.3 cm³/mol. The molecule has 1 aromatic carbocycles. The highest BCUT2D eigenvalue weighted by molar-refractivity contribution is 6.33. The minimum absolute atomic E-state index is 0.232. The molecule has 0 unspecified atom stereocenters. The van der Waals surface area contributed by atoms with Gasteiger partial charge in [0, 0.05) is 6.07 Å². The summed E-state index contributed by atoms with van der Waals surface area (Å²) in [6.07, 6.45) is 0.880. The second-order valence-electron chi connectivity index (χ2n) is 3.89. The van der Waals surface area contributed by atoms with Crippen LogP contribution in [-0.4, -0.2) is 5.91 Å². The van der Waals surface area contributed by atoms with E-state index < -0.39 is 23.0 Å². The van der Waals surface area contributed by atoms with Gasteiger partial charge in [0.25, 0.3) is 0 Å². The van der Waals surface area contributed by atoms with E-state index in [1.54, 1.807) is 0 Å². The van der Waals surface area contributed by atoms with Crippen LogP contribution in [0.3, 0.4) is 0 Å². The van der Waals surface area contributed by atoms with E-state index in [-0.39, 0.29) is 10.7 Å². The van der Waals surface area contributed by atoms with Gasteiger partial charge in [-0.05, 0) is 18.9 Å². The van der Waals surface area contributed by atoms with E-state index in [0.717, 1.165) is 6.07 Å². The van der Waals surface area contributed by atoms with E-state index in [0.29, 0.717) is 18.9 Å². The number of benzene rings is 1. The Morgan fingerprint density at radius 1 is 1.47 bits per heavy atom. The molecule has 0 aliphatic heterocycles. The Labute approximate surface area is 101 Å². The van der Waals surface area contributed by atoms with Crippen LogP contribution in [-0.2, 0) is 4.79 Å². The van der Waals surface area contributed by atoms with Gasteiger partial charge in [-0.1, -0.05) is 11.6 Å². The van der Waals surface area contributed by atoms with Crippen LogP contribution in [0, 0.1) is 28.4 Å². The first kappa shape index (κ1) is 11.8. The highest BCUT2D eigenvalue weighted by atomic mass is 35.5. The fourth-order valence-electron chi connectivity index (χ4n) is 1.41. The molecular formula is C11H7ClF2N2O. The highest BCUT2D eigenvalue weighted by Gasteiger charge is 2.50. The average molecular weight is 257 g/mol. The van der Waals surface area contributed by atoms with Crippen LogP contribution in [0.1, 0.15) is 12.8 Å². The molecule has 88 valence electrons. The number of nitrogens with one attached hydrogen (secondary N) is 1. The Bertz CT molecular complexity index is 512. The normalized spacial score (nSPS) is 16.1. The number of hydrogen-bond acceptors (Lipinski definition) is 2. The number of amides is 1. The van der Waals surface area contributed by atoms with Gasteiger partial charge >= 0.3 is 0 Å². The van der Waals surface area contributed by atoms with E-state index in [2.05, 4.69) is 5.32 Å². The molecule has 1 saturated carbocycles. The molecule has 1 aliphatic carbocycles. The van der Waals surface area contributed by atoms with Gasteiger partial charge in [0.2, 0.25) is 5.91 Å². The third-order valence-electron chi connectivity index (χ3n) is 2.64. The summed E-state index contributed by atoms with van der Waals surface area (Å²) in [4.78, 5) is 11.7. The Balaban J connectivity index is 2.26. The molecule has 0 atom stereocenters. The molecule has 0 bridgehead atoms. The van der Waals surface area contributed by atoms with Gasteiger partial charge in [-0.2, -0.15) is 5.26 Å². The van der Waals surface area contributed by atoms with Crippen molar-refractivity contribution in [1.29, 1.82) is 5.26 Å². The zero-order valence-electron chi connectivity index (χ0n) is 8.56. The number of nitriles is 1. The fraction of sp³-hybridized carbons (Fsp3) is 0.273. The Kier molecular flexibility index (Phi) is 2.76. The molecule has 0 aromatic heterocycles. The van der Waals surface area contributed by atoms with E-state index in [1.165, 1.54) is 0 Å². The van der Waals surface area contributed by atoms with Crippen molar-refractivity contribution in [2.75, 3.05) is 5.32 Å². The van der Waals surface area contributed by atoms with Crippen LogP contribution in [0.15, 0.2) is 12.1 Å². The molecule has 1 N–H and O–H groups in total. The summed E-state index contributed by atoms with van der Waals surface area (Å²) in [7, 11) is 0. The molecule has 0 radical (unpaired) electrons. The van der Waals surface area contributed by atoms with Gasteiger partial charge in [0.15, 0.2) is 5.82 Å². The van der Waals surface area contributed by atoms with Gasteiger partial charge in [0.1, 0.15) is 11.2 Å². The van der Waals surface area contributed by atoms with Crippen molar-refractivity contribution < 1.29 is 13.6 Å². The number of nitrogens with zero attached hydrogens (tertiary/aromatic N) is 1. The summed E-state index contributed by atoms with van der Waals surface area (Å²) in [6, 6.07) is 3.38. The van der Waals surface area contributed by atoms with Crippen LogP contribution in [0.25, 0.3) is 0 Å². The van der Waals surface area contributed by atoms with Gasteiger partial charge in [-0.15, -0.1) is 0 Å². The van der Waals surface area contributed by atoms with Crippen molar-refractivity contribution in [3.63, 3.8) is 0 Å². The van der Waals surface area contributed by atoms with Crippen LogP contribution in [0.2, 0.25) is 5.02 Å². The van der Waals surface area contributed by atoms with Gasteiger partial charge in [0.05, 0.1) is 16.8 Å². The number of rotatable bonds is 2. The summed E-state index contributed by atoms with van der Waals surface area (Å²) in [5.41, 5.74) is -1.37. The summed E-state index contributed by atoms with van der Waals surface area (Å²) in [5, 5.41) is 10.8.